The predicted molar refractivity (Wildman–Crippen MR) is 120 cm³/mol. The summed E-state index contributed by atoms with van der Waals surface area (Å²) in [7, 11) is 0. The van der Waals surface area contributed by atoms with E-state index in [2.05, 4.69) is 10.3 Å². The molecule has 160 valence electrons. The molecule has 2 unspecified atom stereocenters. The summed E-state index contributed by atoms with van der Waals surface area (Å²) in [5.41, 5.74) is 0.288. The zero-order valence-corrected chi connectivity index (χ0v) is 18.4. The van der Waals surface area contributed by atoms with Crippen molar-refractivity contribution in [2.75, 3.05) is 6.61 Å². The van der Waals surface area contributed by atoms with Gasteiger partial charge in [0.05, 0.1) is 5.54 Å². The van der Waals surface area contributed by atoms with Crippen LogP contribution in [0, 0.1) is 0 Å². The summed E-state index contributed by atoms with van der Waals surface area (Å²) >= 11 is 6.01. The molecule has 4 rings (SSSR count). The summed E-state index contributed by atoms with van der Waals surface area (Å²) in [4.78, 5) is 17.7. The number of rotatable bonds is 6. The number of aromatic nitrogens is 1. The number of carbonyl (C=O) groups excluding carboxylic acids is 1. The fraction of sp³-hybridized carbons (Fsp3) is 0.280. The molecule has 6 heteroatoms. The van der Waals surface area contributed by atoms with E-state index >= 15 is 0 Å². The zero-order valence-electron chi connectivity index (χ0n) is 17.6. The van der Waals surface area contributed by atoms with Crippen molar-refractivity contribution >= 4 is 17.5 Å². The van der Waals surface area contributed by atoms with Gasteiger partial charge in [0, 0.05) is 17.4 Å². The van der Waals surface area contributed by atoms with Gasteiger partial charge >= 0.3 is 0 Å². The van der Waals surface area contributed by atoms with E-state index in [4.69, 9.17) is 21.1 Å². The highest BCUT2D eigenvalue weighted by Gasteiger charge is 2.43. The maximum Gasteiger partial charge on any atom is 0.268 e. The first kappa shape index (κ1) is 21.2. The van der Waals surface area contributed by atoms with Crippen molar-refractivity contribution in [2.24, 2.45) is 0 Å². The van der Waals surface area contributed by atoms with Crippen LogP contribution in [0.5, 0.6) is 11.5 Å². The molecule has 2 heterocycles. The minimum Gasteiger partial charge on any atom is -0.485 e. The van der Waals surface area contributed by atoms with E-state index in [1.54, 1.807) is 25.4 Å². The lowest BCUT2D eigenvalue weighted by atomic mass is 9.86. The Bertz CT molecular complexity index is 1060. The summed E-state index contributed by atoms with van der Waals surface area (Å²) in [6, 6.07) is 19.0. The first-order valence-corrected chi connectivity index (χ1v) is 10.6. The Balaban J connectivity index is 1.56. The molecule has 3 aromatic rings. The molecule has 0 fully saturated rings. The van der Waals surface area contributed by atoms with Crippen LogP contribution in [0.3, 0.4) is 0 Å². The van der Waals surface area contributed by atoms with Crippen LogP contribution in [-0.2, 0) is 16.8 Å². The van der Waals surface area contributed by atoms with Gasteiger partial charge in [0.25, 0.3) is 5.91 Å². The molecule has 1 amide bonds. The maximum atomic E-state index is 13.4. The van der Waals surface area contributed by atoms with E-state index in [9.17, 15) is 4.79 Å². The molecule has 1 aliphatic rings. The Morgan fingerprint density at radius 2 is 1.87 bits per heavy atom. The number of hydrogen-bond acceptors (Lipinski definition) is 4. The van der Waals surface area contributed by atoms with Crippen LogP contribution in [0.15, 0.2) is 73.1 Å². The summed E-state index contributed by atoms with van der Waals surface area (Å²) in [6.45, 7) is 3.90. The minimum absolute atomic E-state index is 0.135. The van der Waals surface area contributed by atoms with Gasteiger partial charge in [-0.3, -0.25) is 9.78 Å². The number of amides is 1. The fourth-order valence-electron chi connectivity index (χ4n) is 3.65. The Kier molecular flexibility index (Phi) is 5.88. The number of fused-ring (bicyclic) bond motifs is 1. The van der Waals surface area contributed by atoms with Gasteiger partial charge in [0.2, 0.25) is 5.60 Å². The number of aryl methyl sites for hydroxylation is 1. The lowest BCUT2D eigenvalue weighted by Gasteiger charge is -2.38. The van der Waals surface area contributed by atoms with E-state index in [0.29, 0.717) is 22.9 Å². The molecule has 1 aliphatic heterocycles. The monoisotopic (exact) mass is 436 g/mol. The van der Waals surface area contributed by atoms with Gasteiger partial charge in [-0.2, -0.15) is 0 Å². The average Bonchev–Trinajstić information content (AvgIpc) is 2.79. The molecular weight excluding hydrogens is 412 g/mol. The van der Waals surface area contributed by atoms with Gasteiger partial charge in [-0.15, -0.1) is 0 Å². The van der Waals surface area contributed by atoms with Crippen molar-refractivity contribution in [3.63, 3.8) is 0 Å². The molecule has 0 saturated carbocycles. The number of benzene rings is 2. The highest BCUT2D eigenvalue weighted by molar-refractivity contribution is 6.30. The van der Waals surface area contributed by atoms with E-state index in [-0.39, 0.29) is 12.5 Å². The van der Waals surface area contributed by atoms with E-state index in [0.717, 1.165) is 17.5 Å². The second kappa shape index (κ2) is 8.60. The molecule has 0 bridgehead atoms. The van der Waals surface area contributed by atoms with Crippen molar-refractivity contribution in [3.05, 3.63) is 89.2 Å². The van der Waals surface area contributed by atoms with Crippen LogP contribution in [-0.4, -0.2) is 23.1 Å². The lowest BCUT2D eigenvalue weighted by molar-refractivity contribution is -0.142. The van der Waals surface area contributed by atoms with Crippen LogP contribution in [0.1, 0.15) is 31.4 Å². The van der Waals surface area contributed by atoms with Crippen LogP contribution < -0.4 is 14.8 Å². The average molecular weight is 437 g/mol. The molecule has 5 nitrogen and oxygen atoms in total. The molecule has 2 atom stereocenters. The molecule has 0 saturated heterocycles. The molecule has 2 aromatic carbocycles. The van der Waals surface area contributed by atoms with Crippen molar-refractivity contribution in [3.8, 4) is 11.5 Å². The fourth-order valence-corrected chi connectivity index (χ4v) is 3.78. The highest BCUT2D eigenvalue weighted by atomic mass is 35.5. The van der Waals surface area contributed by atoms with E-state index < -0.39 is 11.1 Å². The van der Waals surface area contributed by atoms with Crippen LogP contribution in [0.25, 0.3) is 0 Å². The normalized spacial score (nSPS) is 19.3. The number of nitrogens with zero attached hydrogens (tertiary/aromatic N) is 1. The van der Waals surface area contributed by atoms with Gasteiger partial charge in [-0.05, 0) is 68.1 Å². The molecule has 0 spiro atoms. The molecular formula is C25H25ClN2O3. The third-order valence-electron chi connectivity index (χ3n) is 5.68. The quantitative estimate of drug-likeness (QED) is 0.595. The van der Waals surface area contributed by atoms with Crippen LogP contribution in [0.2, 0.25) is 5.02 Å². The number of hydrogen-bond donors (Lipinski definition) is 1. The molecule has 0 radical (unpaired) electrons. The first-order valence-electron chi connectivity index (χ1n) is 10.3. The Labute approximate surface area is 187 Å². The largest absolute Gasteiger partial charge is 0.485 e. The Morgan fingerprint density at radius 1 is 1.13 bits per heavy atom. The van der Waals surface area contributed by atoms with Crippen molar-refractivity contribution < 1.29 is 14.3 Å². The second-order valence-electron chi connectivity index (χ2n) is 8.22. The van der Waals surface area contributed by atoms with Crippen molar-refractivity contribution in [1.29, 1.82) is 0 Å². The van der Waals surface area contributed by atoms with Crippen LogP contribution >= 0.6 is 11.6 Å². The molecule has 1 aromatic heterocycles. The predicted octanol–water partition coefficient (Wildman–Crippen LogP) is 4.93. The van der Waals surface area contributed by atoms with Crippen molar-refractivity contribution in [1.82, 2.24) is 10.3 Å². The summed E-state index contributed by atoms with van der Waals surface area (Å²) in [5, 5.41) is 3.93. The topological polar surface area (TPSA) is 60.5 Å². The van der Waals surface area contributed by atoms with Gasteiger partial charge in [-0.1, -0.05) is 41.9 Å². The lowest BCUT2D eigenvalue weighted by Crippen LogP contribution is -2.59. The van der Waals surface area contributed by atoms with Crippen molar-refractivity contribution in [2.45, 2.75) is 37.8 Å². The smallest absolute Gasteiger partial charge is 0.268 e. The third kappa shape index (κ3) is 4.67. The number of ether oxygens (including phenoxy) is 2. The highest BCUT2D eigenvalue weighted by Crippen LogP contribution is 2.36. The number of carbonyl (C=O) groups is 1. The molecule has 0 aliphatic carbocycles. The Morgan fingerprint density at radius 3 is 2.58 bits per heavy atom. The standard InChI is InChI=1S/C25H25ClN2O3/c1-24(19-6-5-15-27-16-19,14-13-18-9-11-20(26)12-10-18)28-23(29)25(2)17-30-21-7-3-4-8-22(21)31-25/h3-12,15-16H,13-14,17H2,1-2H3,(H,28,29). The van der Waals surface area contributed by atoms with Gasteiger partial charge < -0.3 is 14.8 Å². The maximum absolute atomic E-state index is 13.4. The summed E-state index contributed by atoms with van der Waals surface area (Å²) in [5.74, 6) is 0.977. The minimum atomic E-state index is -1.14. The van der Waals surface area contributed by atoms with E-state index in [1.807, 2.05) is 61.5 Å². The summed E-state index contributed by atoms with van der Waals surface area (Å²) in [6.07, 6.45) is 4.96. The number of nitrogens with one attached hydrogen (secondary N) is 1. The molecule has 1 N–H and O–H groups in total. The first-order chi connectivity index (χ1) is 14.9. The number of para-hydroxylation sites is 2. The van der Waals surface area contributed by atoms with Gasteiger partial charge in [0.1, 0.15) is 6.61 Å². The van der Waals surface area contributed by atoms with Crippen LogP contribution in [0.4, 0.5) is 0 Å². The SMILES string of the molecule is CC1(C(=O)NC(C)(CCc2ccc(Cl)cc2)c2cccnc2)COc2ccccc2O1. The summed E-state index contributed by atoms with van der Waals surface area (Å²) < 4.78 is 11.9. The Hall–Kier alpha value is -3.05. The number of halogens is 1. The third-order valence-corrected chi connectivity index (χ3v) is 5.93. The second-order valence-corrected chi connectivity index (χ2v) is 8.66. The molecule has 31 heavy (non-hydrogen) atoms. The van der Waals surface area contributed by atoms with Gasteiger partial charge in [0.15, 0.2) is 11.5 Å². The number of pyridine rings is 1. The zero-order chi connectivity index (χ0) is 21.9. The van der Waals surface area contributed by atoms with Gasteiger partial charge in [-0.25, -0.2) is 0 Å². The van der Waals surface area contributed by atoms with E-state index in [1.165, 1.54) is 0 Å².